The van der Waals surface area contributed by atoms with E-state index in [1.165, 1.54) is 9.99 Å². The molecule has 0 spiro atoms. The van der Waals surface area contributed by atoms with Crippen molar-refractivity contribution in [3.05, 3.63) is 33.4 Å². The van der Waals surface area contributed by atoms with Gasteiger partial charge in [0.1, 0.15) is 5.78 Å². The first kappa shape index (κ1) is 12.1. The number of ketones is 1. The van der Waals surface area contributed by atoms with E-state index in [1.807, 2.05) is 0 Å². The molecule has 1 aromatic carbocycles. The Balaban J connectivity index is 1.94. The number of hydrogen-bond donors (Lipinski definition) is 0. The zero-order valence-corrected chi connectivity index (χ0v) is 11.7. The molecule has 1 fully saturated rings. The van der Waals surface area contributed by atoms with Gasteiger partial charge in [0.2, 0.25) is 0 Å². The summed E-state index contributed by atoms with van der Waals surface area (Å²) in [5, 5.41) is 0. The molecule has 2 heteroatoms. The van der Waals surface area contributed by atoms with Crippen molar-refractivity contribution in [2.45, 2.75) is 32.6 Å². The maximum absolute atomic E-state index is 12.0. The van der Waals surface area contributed by atoms with E-state index in [9.17, 15) is 4.79 Å². The van der Waals surface area contributed by atoms with Crippen molar-refractivity contribution in [3.63, 3.8) is 0 Å². The first-order valence-electron chi connectivity index (χ1n) is 5.92. The highest BCUT2D eigenvalue weighted by atomic mass is 127. The third kappa shape index (κ3) is 3.06. The standard InChI is InChI=1S/C14H17IO/c1-10-2-5-12(8-10)14(16)9-11-3-6-13(15)7-4-11/h3-4,6-7,10,12H,2,5,8-9H2,1H3. The summed E-state index contributed by atoms with van der Waals surface area (Å²) in [6, 6.07) is 8.27. The number of halogens is 1. The second-order valence-electron chi connectivity index (χ2n) is 4.88. The van der Waals surface area contributed by atoms with Crippen molar-refractivity contribution in [2.24, 2.45) is 11.8 Å². The maximum atomic E-state index is 12.0. The van der Waals surface area contributed by atoms with E-state index in [0.717, 1.165) is 24.3 Å². The topological polar surface area (TPSA) is 17.1 Å². The van der Waals surface area contributed by atoms with E-state index in [2.05, 4.69) is 53.8 Å². The summed E-state index contributed by atoms with van der Waals surface area (Å²) in [5.41, 5.74) is 1.16. The second kappa shape index (κ2) is 5.30. The first-order chi connectivity index (χ1) is 7.65. The summed E-state index contributed by atoms with van der Waals surface area (Å²) in [4.78, 5) is 12.0. The van der Waals surface area contributed by atoms with Gasteiger partial charge in [0.25, 0.3) is 0 Å². The third-order valence-corrected chi connectivity index (χ3v) is 4.16. The van der Waals surface area contributed by atoms with Crippen LogP contribution in [0, 0.1) is 15.4 Å². The van der Waals surface area contributed by atoms with Gasteiger partial charge < -0.3 is 0 Å². The molecule has 86 valence electrons. The summed E-state index contributed by atoms with van der Waals surface area (Å²) < 4.78 is 1.23. The molecule has 0 heterocycles. The Bertz CT molecular complexity index is 369. The lowest BCUT2D eigenvalue weighted by molar-refractivity contribution is -0.122. The molecule has 1 aliphatic rings. The lowest BCUT2D eigenvalue weighted by atomic mass is 9.96. The molecule has 0 N–H and O–H groups in total. The van der Waals surface area contributed by atoms with Crippen molar-refractivity contribution >= 4 is 28.4 Å². The first-order valence-corrected chi connectivity index (χ1v) is 7.00. The van der Waals surface area contributed by atoms with E-state index < -0.39 is 0 Å². The molecule has 16 heavy (non-hydrogen) atoms. The molecule has 1 aliphatic carbocycles. The molecule has 2 unspecified atom stereocenters. The summed E-state index contributed by atoms with van der Waals surface area (Å²) in [6.07, 6.45) is 4.05. The highest BCUT2D eigenvalue weighted by Crippen LogP contribution is 2.31. The van der Waals surface area contributed by atoms with Crippen LogP contribution in [0.2, 0.25) is 0 Å². The fraction of sp³-hybridized carbons (Fsp3) is 0.500. The van der Waals surface area contributed by atoms with Gasteiger partial charge in [-0.05, 0) is 65.5 Å². The molecule has 1 aromatic rings. The Hall–Kier alpha value is -0.380. The number of carbonyl (C=O) groups is 1. The number of hydrogen-bond acceptors (Lipinski definition) is 1. The van der Waals surface area contributed by atoms with Crippen LogP contribution in [0.4, 0.5) is 0 Å². The minimum Gasteiger partial charge on any atom is -0.299 e. The highest BCUT2D eigenvalue weighted by molar-refractivity contribution is 14.1. The zero-order chi connectivity index (χ0) is 11.5. The largest absolute Gasteiger partial charge is 0.299 e. The number of benzene rings is 1. The number of rotatable bonds is 3. The van der Waals surface area contributed by atoms with Crippen LogP contribution in [0.15, 0.2) is 24.3 Å². The van der Waals surface area contributed by atoms with Crippen molar-refractivity contribution in [3.8, 4) is 0 Å². The molecule has 0 aliphatic heterocycles. The van der Waals surface area contributed by atoms with Crippen molar-refractivity contribution in [1.29, 1.82) is 0 Å². The molecule has 1 nitrogen and oxygen atoms in total. The number of Topliss-reactive ketones (excluding diaryl/α,β-unsaturated/α-hetero) is 1. The Morgan fingerprint density at radius 3 is 2.56 bits per heavy atom. The van der Waals surface area contributed by atoms with Crippen molar-refractivity contribution in [2.75, 3.05) is 0 Å². The van der Waals surface area contributed by atoms with Crippen LogP contribution < -0.4 is 0 Å². The van der Waals surface area contributed by atoms with Gasteiger partial charge in [-0.3, -0.25) is 4.79 Å². The summed E-state index contributed by atoms with van der Waals surface area (Å²) in [7, 11) is 0. The van der Waals surface area contributed by atoms with Gasteiger partial charge in [-0.25, -0.2) is 0 Å². The smallest absolute Gasteiger partial charge is 0.140 e. The minimum atomic E-state index is 0.328. The number of carbonyl (C=O) groups excluding carboxylic acids is 1. The predicted molar refractivity (Wildman–Crippen MR) is 74.4 cm³/mol. The second-order valence-corrected chi connectivity index (χ2v) is 6.13. The highest BCUT2D eigenvalue weighted by Gasteiger charge is 2.26. The summed E-state index contributed by atoms with van der Waals surface area (Å²) in [6.45, 7) is 2.25. The minimum absolute atomic E-state index is 0.328. The Labute approximate surface area is 111 Å². The Morgan fingerprint density at radius 1 is 1.31 bits per heavy atom. The van der Waals surface area contributed by atoms with Gasteiger partial charge in [-0.15, -0.1) is 0 Å². The molecule has 0 aromatic heterocycles. The van der Waals surface area contributed by atoms with Gasteiger partial charge in [0.05, 0.1) is 0 Å². The fourth-order valence-corrected chi connectivity index (χ4v) is 2.81. The van der Waals surface area contributed by atoms with Gasteiger partial charge in [0, 0.05) is 15.9 Å². The quantitative estimate of drug-likeness (QED) is 0.771. The Kier molecular flexibility index (Phi) is 4.00. The predicted octanol–water partition coefficient (Wildman–Crippen LogP) is 3.84. The van der Waals surface area contributed by atoms with Crippen LogP contribution in [0.5, 0.6) is 0 Å². The lowest BCUT2D eigenvalue weighted by Gasteiger charge is -2.08. The molecule has 0 saturated heterocycles. The maximum Gasteiger partial charge on any atom is 0.140 e. The van der Waals surface area contributed by atoms with Gasteiger partial charge >= 0.3 is 0 Å². The van der Waals surface area contributed by atoms with Gasteiger partial charge in [0.15, 0.2) is 0 Å². The van der Waals surface area contributed by atoms with Crippen LogP contribution in [-0.4, -0.2) is 5.78 Å². The van der Waals surface area contributed by atoms with Crippen LogP contribution in [0.3, 0.4) is 0 Å². The van der Waals surface area contributed by atoms with Gasteiger partial charge in [-0.1, -0.05) is 19.1 Å². The molecule has 0 amide bonds. The molecular formula is C14H17IO. The molecule has 0 bridgehead atoms. The average molecular weight is 328 g/mol. The van der Waals surface area contributed by atoms with Crippen molar-refractivity contribution < 1.29 is 4.79 Å². The van der Waals surface area contributed by atoms with Crippen LogP contribution >= 0.6 is 22.6 Å². The molecule has 2 atom stereocenters. The van der Waals surface area contributed by atoms with Gasteiger partial charge in [-0.2, -0.15) is 0 Å². The van der Waals surface area contributed by atoms with E-state index in [4.69, 9.17) is 0 Å². The molecule has 2 rings (SSSR count). The van der Waals surface area contributed by atoms with Crippen LogP contribution in [0.1, 0.15) is 31.7 Å². The van der Waals surface area contributed by atoms with Crippen LogP contribution in [0.25, 0.3) is 0 Å². The Morgan fingerprint density at radius 2 is 2.00 bits per heavy atom. The molecule has 1 saturated carbocycles. The van der Waals surface area contributed by atoms with Crippen molar-refractivity contribution in [1.82, 2.24) is 0 Å². The van der Waals surface area contributed by atoms with Crippen LogP contribution in [-0.2, 0) is 11.2 Å². The fourth-order valence-electron chi connectivity index (χ4n) is 2.45. The average Bonchev–Trinajstić information content (AvgIpc) is 2.68. The normalized spacial score (nSPS) is 24.6. The molecule has 0 radical (unpaired) electrons. The zero-order valence-electron chi connectivity index (χ0n) is 9.58. The van der Waals surface area contributed by atoms with E-state index in [1.54, 1.807) is 0 Å². The summed E-state index contributed by atoms with van der Waals surface area (Å²) in [5.74, 6) is 1.51. The summed E-state index contributed by atoms with van der Waals surface area (Å²) >= 11 is 2.29. The SMILES string of the molecule is CC1CCC(C(=O)Cc2ccc(I)cc2)C1. The van der Waals surface area contributed by atoms with E-state index in [-0.39, 0.29) is 0 Å². The molecular weight excluding hydrogens is 311 g/mol. The lowest BCUT2D eigenvalue weighted by Crippen LogP contribution is -2.13. The van der Waals surface area contributed by atoms with E-state index in [0.29, 0.717) is 18.1 Å². The third-order valence-electron chi connectivity index (χ3n) is 3.44. The monoisotopic (exact) mass is 328 g/mol. The van der Waals surface area contributed by atoms with E-state index >= 15 is 0 Å².